The Balaban J connectivity index is 2.76. The fourth-order valence-corrected chi connectivity index (χ4v) is 2.21. The normalized spacial score (nSPS) is 10.4. The smallest absolute Gasteiger partial charge is 0.338 e. The number of hydrogen-bond donors (Lipinski definition) is 1. The van der Waals surface area contributed by atoms with Gasteiger partial charge in [-0.2, -0.15) is 0 Å². The highest BCUT2D eigenvalue weighted by molar-refractivity contribution is 6.32. The van der Waals surface area contributed by atoms with Gasteiger partial charge < -0.3 is 9.84 Å². The lowest BCUT2D eigenvalue weighted by molar-refractivity contribution is 0.0696. The lowest BCUT2D eigenvalue weighted by Gasteiger charge is -2.12. The molecule has 0 spiro atoms. The second kappa shape index (κ2) is 5.46. The van der Waals surface area contributed by atoms with Crippen LogP contribution in [0, 0.1) is 12.7 Å². The van der Waals surface area contributed by atoms with Crippen LogP contribution in [0.1, 0.15) is 16.1 Å². The molecule has 0 bridgehead atoms. The SMILES string of the molecule is COc1c(Cl)ccc(-c2ccnc(C)c2C(=O)O)c1F. The maximum atomic E-state index is 14.4. The van der Waals surface area contributed by atoms with Crippen LogP contribution in [-0.4, -0.2) is 23.2 Å². The number of nitrogens with zero attached hydrogens (tertiary/aromatic N) is 1. The second-order valence-corrected chi connectivity index (χ2v) is 4.47. The third-order valence-corrected chi connectivity index (χ3v) is 3.20. The summed E-state index contributed by atoms with van der Waals surface area (Å²) in [4.78, 5) is 15.2. The molecule has 2 rings (SSSR count). The Morgan fingerprint density at radius 2 is 2.05 bits per heavy atom. The number of carboxylic acids is 1. The van der Waals surface area contributed by atoms with Gasteiger partial charge in [0.05, 0.1) is 23.4 Å². The predicted molar refractivity (Wildman–Crippen MR) is 72.9 cm³/mol. The second-order valence-electron chi connectivity index (χ2n) is 4.07. The molecule has 20 heavy (non-hydrogen) atoms. The Bertz CT molecular complexity index is 688. The number of benzene rings is 1. The molecule has 104 valence electrons. The van der Waals surface area contributed by atoms with Gasteiger partial charge in [-0.15, -0.1) is 0 Å². The van der Waals surface area contributed by atoms with Gasteiger partial charge in [-0.05, 0) is 25.1 Å². The van der Waals surface area contributed by atoms with Crippen LogP contribution in [0.5, 0.6) is 5.75 Å². The fraction of sp³-hybridized carbons (Fsp3) is 0.143. The van der Waals surface area contributed by atoms with E-state index in [1.807, 2.05) is 0 Å². The molecule has 1 aromatic carbocycles. The van der Waals surface area contributed by atoms with Crippen molar-refractivity contribution < 1.29 is 19.0 Å². The highest BCUT2D eigenvalue weighted by Crippen LogP contribution is 2.36. The van der Waals surface area contributed by atoms with Crippen molar-refractivity contribution in [2.75, 3.05) is 7.11 Å². The van der Waals surface area contributed by atoms with E-state index in [1.165, 1.54) is 31.5 Å². The minimum Gasteiger partial charge on any atom is -0.492 e. The summed E-state index contributed by atoms with van der Waals surface area (Å²) >= 11 is 5.83. The molecule has 6 heteroatoms. The molecule has 0 aliphatic carbocycles. The van der Waals surface area contributed by atoms with Gasteiger partial charge in [0.1, 0.15) is 0 Å². The number of rotatable bonds is 3. The van der Waals surface area contributed by atoms with Crippen molar-refractivity contribution in [3.8, 4) is 16.9 Å². The maximum absolute atomic E-state index is 14.4. The van der Waals surface area contributed by atoms with E-state index in [9.17, 15) is 14.3 Å². The van der Waals surface area contributed by atoms with Crippen molar-refractivity contribution in [1.29, 1.82) is 0 Å². The Hall–Kier alpha value is -2.14. The van der Waals surface area contributed by atoms with Gasteiger partial charge in [-0.1, -0.05) is 11.6 Å². The fourth-order valence-electron chi connectivity index (χ4n) is 1.99. The molecule has 0 atom stereocenters. The topological polar surface area (TPSA) is 59.4 Å². The van der Waals surface area contributed by atoms with Crippen LogP contribution >= 0.6 is 11.6 Å². The van der Waals surface area contributed by atoms with Gasteiger partial charge in [0.2, 0.25) is 0 Å². The van der Waals surface area contributed by atoms with Crippen LogP contribution in [0.25, 0.3) is 11.1 Å². The molecular weight excluding hydrogens is 285 g/mol. The molecule has 1 heterocycles. The van der Waals surface area contributed by atoms with Gasteiger partial charge >= 0.3 is 5.97 Å². The van der Waals surface area contributed by atoms with Crippen LogP contribution in [-0.2, 0) is 0 Å². The summed E-state index contributed by atoms with van der Waals surface area (Å²) in [6.07, 6.45) is 1.43. The summed E-state index contributed by atoms with van der Waals surface area (Å²) in [6.45, 7) is 1.55. The number of halogens is 2. The highest BCUT2D eigenvalue weighted by Gasteiger charge is 2.21. The molecule has 0 saturated carbocycles. The van der Waals surface area contributed by atoms with Crippen molar-refractivity contribution in [1.82, 2.24) is 4.98 Å². The van der Waals surface area contributed by atoms with Crippen LogP contribution in [0.15, 0.2) is 24.4 Å². The third kappa shape index (κ3) is 2.32. The van der Waals surface area contributed by atoms with Crippen LogP contribution in [0.4, 0.5) is 4.39 Å². The molecule has 0 aliphatic rings. The van der Waals surface area contributed by atoms with Gasteiger partial charge in [-0.3, -0.25) is 4.98 Å². The minimum absolute atomic E-state index is 0.0456. The zero-order valence-corrected chi connectivity index (χ0v) is 11.5. The average Bonchev–Trinajstić information content (AvgIpc) is 2.38. The number of methoxy groups -OCH3 is 1. The molecular formula is C14H11ClFNO3. The maximum Gasteiger partial charge on any atom is 0.338 e. The number of hydrogen-bond acceptors (Lipinski definition) is 3. The molecule has 0 amide bonds. The standard InChI is InChI=1S/C14H11ClFNO3/c1-7-11(14(18)19)8(5-6-17-7)9-3-4-10(15)13(20-2)12(9)16/h3-6H,1-2H3,(H,18,19). The summed E-state index contributed by atoms with van der Waals surface area (Å²) in [5.41, 5.74) is 0.603. The van der Waals surface area contributed by atoms with Crippen molar-refractivity contribution in [2.45, 2.75) is 6.92 Å². The lowest BCUT2D eigenvalue weighted by Crippen LogP contribution is -2.05. The summed E-state index contributed by atoms with van der Waals surface area (Å²) in [7, 11) is 1.30. The number of pyridine rings is 1. The van der Waals surface area contributed by atoms with Crippen molar-refractivity contribution in [3.63, 3.8) is 0 Å². The molecule has 1 N–H and O–H groups in total. The molecule has 2 aromatic rings. The summed E-state index contributed by atoms with van der Waals surface area (Å²) in [5, 5.41) is 9.38. The molecule has 0 fully saturated rings. The Labute approximate surface area is 119 Å². The quantitative estimate of drug-likeness (QED) is 0.940. The van der Waals surface area contributed by atoms with Crippen molar-refractivity contribution >= 4 is 17.6 Å². The zero-order chi connectivity index (χ0) is 14.9. The number of aromatic nitrogens is 1. The Morgan fingerprint density at radius 1 is 1.35 bits per heavy atom. The van der Waals surface area contributed by atoms with E-state index >= 15 is 0 Å². The van der Waals surface area contributed by atoms with E-state index in [2.05, 4.69) is 4.98 Å². The van der Waals surface area contributed by atoms with Crippen molar-refractivity contribution in [2.24, 2.45) is 0 Å². The first-order valence-corrected chi connectivity index (χ1v) is 6.06. The number of aromatic carboxylic acids is 1. The molecule has 0 saturated heterocycles. The third-order valence-electron chi connectivity index (χ3n) is 2.90. The first-order valence-electron chi connectivity index (χ1n) is 5.68. The van der Waals surface area contributed by atoms with Gasteiger partial charge in [-0.25, -0.2) is 9.18 Å². The van der Waals surface area contributed by atoms with Gasteiger partial charge in [0.15, 0.2) is 11.6 Å². The lowest BCUT2D eigenvalue weighted by atomic mass is 9.98. The van der Waals surface area contributed by atoms with Gasteiger partial charge in [0.25, 0.3) is 0 Å². The molecule has 0 unspecified atom stereocenters. The summed E-state index contributed by atoms with van der Waals surface area (Å²) in [6, 6.07) is 4.32. The monoisotopic (exact) mass is 295 g/mol. The largest absolute Gasteiger partial charge is 0.492 e. The summed E-state index contributed by atoms with van der Waals surface area (Å²) < 4.78 is 19.3. The highest BCUT2D eigenvalue weighted by atomic mass is 35.5. The van der Waals surface area contributed by atoms with E-state index in [0.717, 1.165) is 0 Å². The van der Waals surface area contributed by atoms with Gasteiger partial charge in [0, 0.05) is 17.3 Å². The van der Waals surface area contributed by atoms with Crippen LogP contribution in [0.2, 0.25) is 5.02 Å². The van der Waals surface area contributed by atoms with Crippen LogP contribution < -0.4 is 4.74 Å². The molecule has 1 aromatic heterocycles. The molecule has 4 nitrogen and oxygen atoms in total. The van der Waals surface area contributed by atoms with Crippen LogP contribution in [0.3, 0.4) is 0 Å². The Kier molecular flexibility index (Phi) is 3.90. The van der Waals surface area contributed by atoms with E-state index in [0.29, 0.717) is 5.69 Å². The number of carboxylic acid groups (broad SMARTS) is 1. The van der Waals surface area contributed by atoms with E-state index in [1.54, 1.807) is 6.92 Å². The zero-order valence-electron chi connectivity index (χ0n) is 10.8. The van der Waals surface area contributed by atoms with Crippen molar-refractivity contribution in [3.05, 3.63) is 46.5 Å². The number of carbonyl (C=O) groups is 1. The van der Waals surface area contributed by atoms with E-state index < -0.39 is 11.8 Å². The predicted octanol–water partition coefficient (Wildman–Crippen LogP) is 3.56. The first kappa shape index (κ1) is 14.3. The average molecular weight is 296 g/mol. The molecule has 0 aliphatic heterocycles. The van der Waals surface area contributed by atoms with E-state index in [-0.39, 0.29) is 27.5 Å². The minimum atomic E-state index is -1.17. The Morgan fingerprint density at radius 3 is 2.65 bits per heavy atom. The van der Waals surface area contributed by atoms with E-state index in [4.69, 9.17) is 16.3 Å². The molecule has 0 radical (unpaired) electrons. The summed E-state index contributed by atoms with van der Waals surface area (Å²) in [5.74, 6) is -1.98. The number of ether oxygens (including phenoxy) is 1. The first-order chi connectivity index (χ1) is 9.47. The number of aryl methyl sites for hydroxylation is 1.